The molecule has 0 saturated heterocycles. The highest BCUT2D eigenvalue weighted by Gasteiger charge is 2.31. The number of hydrazine groups is 1. The standard InChI is InChI=1S/C14H22N2O2/c1-9-10(2)12(18-6)8-7-11(9)14(3,4)13(17)16-15-5/h7-8,15H,1-6H3,(H,16,17). The summed E-state index contributed by atoms with van der Waals surface area (Å²) >= 11 is 0. The molecule has 1 rings (SSSR count). The van der Waals surface area contributed by atoms with Gasteiger partial charge in [-0.05, 0) is 50.5 Å². The highest BCUT2D eigenvalue weighted by Crippen LogP contribution is 2.32. The fourth-order valence-corrected chi connectivity index (χ4v) is 2.09. The van der Waals surface area contributed by atoms with Crippen LogP contribution in [0.5, 0.6) is 5.75 Å². The largest absolute Gasteiger partial charge is 0.496 e. The maximum absolute atomic E-state index is 12.1. The molecule has 4 nitrogen and oxygen atoms in total. The van der Waals surface area contributed by atoms with Gasteiger partial charge in [0.25, 0.3) is 0 Å². The van der Waals surface area contributed by atoms with Crippen LogP contribution in [0.25, 0.3) is 0 Å². The molecule has 0 aliphatic heterocycles. The van der Waals surface area contributed by atoms with E-state index in [1.165, 1.54) is 0 Å². The van der Waals surface area contributed by atoms with Crippen molar-refractivity contribution in [2.24, 2.45) is 0 Å². The number of carbonyl (C=O) groups excluding carboxylic acids is 1. The van der Waals surface area contributed by atoms with Crippen molar-refractivity contribution in [2.75, 3.05) is 14.2 Å². The molecule has 0 radical (unpaired) electrons. The number of hydrogen-bond acceptors (Lipinski definition) is 3. The molecule has 0 atom stereocenters. The number of benzene rings is 1. The first-order chi connectivity index (χ1) is 8.36. The maximum Gasteiger partial charge on any atom is 0.244 e. The van der Waals surface area contributed by atoms with Crippen LogP contribution in [0.3, 0.4) is 0 Å². The monoisotopic (exact) mass is 250 g/mol. The number of carbonyl (C=O) groups is 1. The molecular formula is C14H22N2O2. The molecule has 0 spiro atoms. The number of hydrogen-bond donors (Lipinski definition) is 2. The Hall–Kier alpha value is -1.55. The van der Waals surface area contributed by atoms with Crippen LogP contribution in [0.2, 0.25) is 0 Å². The minimum absolute atomic E-state index is 0.0577. The second-order valence-corrected chi connectivity index (χ2v) is 4.89. The molecule has 0 aliphatic rings. The second-order valence-electron chi connectivity index (χ2n) is 4.89. The molecule has 0 bridgehead atoms. The molecule has 18 heavy (non-hydrogen) atoms. The average Bonchev–Trinajstić information content (AvgIpc) is 2.32. The van der Waals surface area contributed by atoms with E-state index >= 15 is 0 Å². The van der Waals surface area contributed by atoms with E-state index in [2.05, 4.69) is 10.9 Å². The van der Waals surface area contributed by atoms with Crippen LogP contribution in [0, 0.1) is 13.8 Å². The zero-order valence-electron chi connectivity index (χ0n) is 12.0. The van der Waals surface area contributed by atoms with Crippen molar-refractivity contribution >= 4 is 5.91 Å². The summed E-state index contributed by atoms with van der Waals surface area (Å²) in [7, 11) is 3.33. The molecule has 0 unspecified atom stereocenters. The lowest BCUT2D eigenvalue weighted by Gasteiger charge is -2.27. The van der Waals surface area contributed by atoms with Crippen LogP contribution in [0.1, 0.15) is 30.5 Å². The van der Waals surface area contributed by atoms with E-state index in [9.17, 15) is 4.79 Å². The molecule has 1 aromatic rings. The summed E-state index contributed by atoms with van der Waals surface area (Å²) in [5, 5.41) is 0. The van der Waals surface area contributed by atoms with Gasteiger partial charge >= 0.3 is 0 Å². The Bertz CT molecular complexity index is 453. The van der Waals surface area contributed by atoms with Crippen LogP contribution >= 0.6 is 0 Å². The molecule has 0 aliphatic carbocycles. The third-order valence-corrected chi connectivity index (χ3v) is 3.44. The quantitative estimate of drug-likeness (QED) is 0.802. The third kappa shape index (κ3) is 2.48. The molecule has 1 aromatic carbocycles. The van der Waals surface area contributed by atoms with Crippen LogP contribution in [0.4, 0.5) is 0 Å². The second kappa shape index (κ2) is 5.40. The molecule has 0 saturated carbocycles. The summed E-state index contributed by atoms with van der Waals surface area (Å²) in [6.45, 7) is 7.84. The SMILES string of the molecule is CNNC(=O)C(C)(C)c1ccc(OC)c(C)c1C. The molecule has 0 heterocycles. The summed E-state index contributed by atoms with van der Waals surface area (Å²) in [5.41, 5.74) is 7.89. The van der Waals surface area contributed by atoms with Crippen molar-refractivity contribution in [1.29, 1.82) is 0 Å². The fraction of sp³-hybridized carbons (Fsp3) is 0.500. The van der Waals surface area contributed by atoms with Gasteiger partial charge in [0, 0.05) is 7.05 Å². The minimum Gasteiger partial charge on any atom is -0.496 e. The first-order valence-corrected chi connectivity index (χ1v) is 5.98. The van der Waals surface area contributed by atoms with Gasteiger partial charge in [0.1, 0.15) is 5.75 Å². The predicted octanol–water partition coefficient (Wildman–Crippen LogP) is 1.84. The summed E-state index contributed by atoms with van der Waals surface area (Å²) in [6.07, 6.45) is 0. The van der Waals surface area contributed by atoms with Crippen molar-refractivity contribution in [3.8, 4) is 5.75 Å². The van der Waals surface area contributed by atoms with Gasteiger partial charge < -0.3 is 4.74 Å². The summed E-state index contributed by atoms with van der Waals surface area (Å²) in [4.78, 5) is 12.1. The first-order valence-electron chi connectivity index (χ1n) is 5.98. The van der Waals surface area contributed by atoms with E-state index in [-0.39, 0.29) is 5.91 Å². The highest BCUT2D eigenvalue weighted by molar-refractivity contribution is 5.87. The normalized spacial score (nSPS) is 11.2. The van der Waals surface area contributed by atoms with Gasteiger partial charge in [0.05, 0.1) is 12.5 Å². The maximum atomic E-state index is 12.1. The Morgan fingerprint density at radius 2 is 1.83 bits per heavy atom. The summed E-state index contributed by atoms with van der Waals surface area (Å²) in [6, 6.07) is 3.86. The first kappa shape index (κ1) is 14.5. The molecule has 2 N–H and O–H groups in total. The average molecular weight is 250 g/mol. The number of ether oxygens (including phenoxy) is 1. The van der Waals surface area contributed by atoms with Crippen molar-refractivity contribution in [3.05, 3.63) is 28.8 Å². The van der Waals surface area contributed by atoms with E-state index in [0.29, 0.717) is 0 Å². The lowest BCUT2D eigenvalue weighted by Crippen LogP contribution is -2.45. The van der Waals surface area contributed by atoms with Crippen molar-refractivity contribution in [2.45, 2.75) is 33.1 Å². The number of amides is 1. The van der Waals surface area contributed by atoms with Crippen molar-refractivity contribution in [3.63, 3.8) is 0 Å². The van der Waals surface area contributed by atoms with Crippen LogP contribution in [0.15, 0.2) is 12.1 Å². The molecule has 0 fully saturated rings. The van der Waals surface area contributed by atoms with Gasteiger partial charge in [-0.3, -0.25) is 10.2 Å². The Kier molecular flexibility index (Phi) is 4.35. The summed E-state index contributed by atoms with van der Waals surface area (Å²) in [5.74, 6) is 0.791. The Balaban J connectivity index is 3.25. The smallest absolute Gasteiger partial charge is 0.244 e. The van der Waals surface area contributed by atoms with Crippen LogP contribution in [-0.2, 0) is 10.2 Å². The molecular weight excluding hydrogens is 228 g/mol. The topological polar surface area (TPSA) is 50.4 Å². The number of nitrogens with one attached hydrogen (secondary N) is 2. The minimum atomic E-state index is -0.593. The number of methoxy groups -OCH3 is 1. The molecule has 100 valence electrons. The van der Waals surface area contributed by atoms with E-state index in [4.69, 9.17) is 4.74 Å². The van der Waals surface area contributed by atoms with E-state index in [1.54, 1.807) is 14.2 Å². The zero-order valence-corrected chi connectivity index (χ0v) is 12.0. The van der Waals surface area contributed by atoms with Crippen molar-refractivity contribution in [1.82, 2.24) is 10.9 Å². The Morgan fingerprint density at radius 1 is 1.22 bits per heavy atom. The van der Waals surface area contributed by atoms with E-state index in [1.807, 2.05) is 39.8 Å². The zero-order chi connectivity index (χ0) is 13.9. The predicted molar refractivity (Wildman–Crippen MR) is 72.7 cm³/mol. The van der Waals surface area contributed by atoms with Gasteiger partial charge in [0.15, 0.2) is 0 Å². The Labute approximate surface area is 109 Å². The van der Waals surface area contributed by atoms with Crippen LogP contribution in [-0.4, -0.2) is 20.1 Å². The number of rotatable bonds is 4. The Morgan fingerprint density at radius 3 is 2.33 bits per heavy atom. The van der Waals surface area contributed by atoms with Gasteiger partial charge in [-0.1, -0.05) is 6.07 Å². The molecule has 4 heteroatoms. The van der Waals surface area contributed by atoms with Gasteiger partial charge in [-0.15, -0.1) is 0 Å². The van der Waals surface area contributed by atoms with Crippen molar-refractivity contribution < 1.29 is 9.53 Å². The fourth-order valence-electron chi connectivity index (χ4n) is 2.09. The third-order valence-electron chi connectivity index (χ3n) is 3.44. The molecule has 1 amide bonds. The van der Waals surface area contributed by atoms with E-state index in [0.717, 1.165) is 22.4 Å². The van der Waals surface area contributed by atoms with E-state index < -0.39 is 5.41 Å². The van der Waals surface area contributed by atoms with Gasteiger partial charge in [0.2, 0.25) is 5.91 Å². The lowest BCUT2D eigenvalue weighted by molar-refractivity contribution is -0.126. The molecule has 0 aromatic heterocycles. The highest BCUT2D eigenvalue weighted by atomic mass is 16.5. The van der Waals surface area contributed by atoms with Gasteiger partial charge in [-0.2, -0.15) is 0 Å². The lowest BCUT2D eigenvalue weighted by atomic mass is 9.80. The van der Waals surface area contributed by atoms with Crippen LogP contribution < -0.4 is 15.6 Å². The van der Waals surface area contributed by atoms with Gasteiger partial charge in [-0.25, -0.2) is 5.43 Å². The summed E-state index contributed by atoms with van der Waals surface area (Å²) < 4.78 is 5.29.